The van der Waals surface area contributed by atoms with Crippen LogP contribution < -0.4 is 0 Å². The van der Waals surface area contributed by atoms with Crippen molar-refractivity contribution in [3.8, 4) is 0 Å². The van der Waals surface area contributed by atoms with Crippen molar-refractivity contribution in [1.82, 2.24) is 0 Å². The molecule has 0 spiro atoms. The topological polar surface area (TPSA) is 108 Å². The summed E-state index contributed by atoms with van der Waals surface area (Å²) < 4.78 is 22.9. The quantitative estimate of drug-likeness (QED) is 0.0211. The number of hydrogen-bond acceptors (Lipinski definition) is 7. The van der Waals surface area contributed by atoms with Crippen LogP contribution in [0.15, 0.2) is 36.5 Å². The van der Waals surface area contributed by atoms with Gasteiger partial charge in [0.15, 0.2) is 6.10 Å². The lowest BCUT2D eigenvalue weighted by atomic mass is 10.0. The second-order valence-corrected chi connectivity index (χ2v) is 21.3. The molecule has 0 saturated carbocycles. The summed E-state index contributed by atoms with van der Waals surface area (Å²) in [6.45, 7) is 4.90. The van der Waals surface area contributed by atoms with E-state index >= 15 is 0 Å². The Kier molecular flexibility index (Phi) is 50.9. The van der Waals surface area contributed by atoms with Gasteiger partial charge in [-0.15, -0.1) is 0 Å². The van der Waals surface area contributed by atoms with Gasteiger partial charge in [-0.2, -0.15) is 0 Å². The van der Waals surface area contributed by atoms with Crippen molar-refractivity contribution in [3.63, 3.8) is 0 Å². The SMILES string of the molecule is CCCCCCC/C=C\C/C=C\C/C=C\CCCCCCCCCCCCC(=O)OC(COC(=O)CCCCCCCCCCCCCCCCCCCCCC)COC(OCC[N+](C)(C)C)C(=O)O. The molecule has 9 heteroatoms. The highest BCUT2D eigenvalue weighted by Crippen LogP contribution is 2.17. The molecule has 0 bridgehead atoms. The normalized spacial score (nSPS) is 13.0. The van der Waals surface area contributed by atoms with Gasteiger partial charge < -0.3 is 28.5 Å². The van der Waals surface area contributed by atoms with E-state index in [0.29, 0.717) is 17.4 Å². The first-order chi connectivity index (χ1) is 34.1. The summed E-state index contributed by atoms with van der Waals surface area (Å²) in [5.41, 5.74) is 0. The summed E-state index contributed by atoms with van der Waals surface area (Å²) >= 11 is 0. The number of hydrogen-bond donors (Lipinski definition) is 1. The molecule has 0 rings (SSSR count). The summed E-state index contributed by atoms with van der Waals surface area (Å²) in [4.78, 5) is 37.4. The molecule has 0 aliphatic rings. The summed E-state index contributed by atoms with van der Waals surface area (Å²) in [6, 6.07) is 0. The Balaban J connectivity index is 4.23. The molecule has 2 unspecified atom stereocenters. The van der Waals surface area contributed by atoms with Crippen molar-refractivity contribution in [2.24, 2.45) is 0 Å². The van der Waals surface area contributed by atoms with Gasteiger partial charge in [-0.3, -0.25) is 9.59 Å². The van der Waals surface area contributed by atoms with E-state index in [2.05, 4.69) is 50.3 Å². The van der Waals surface area contributed by atoms with Crippen LogP contribution in [0, 0.1) is 0 Å². The zero-order valence-corrected chi connectivity index (χ0v) is 46.7. The molecule has 0 radical (unpaired) electrons. The Labute approximate surface area is 432 Å². The maximum Gasteiger partial charge on any atom is 0.361 e. The predicted molar refractivity (Wildman–Crippen MR) is 295 cm³/mol. The van der Waals surface area contributed by atoms with Gasteiger partial charge in [0.25, 0.3) is 6.29 Å². The first-order valence-electron chi connectivity index (χ1n) is 29.7. The highest BCUT2D eigenvalue weighted by molar-refractivity contribution is 5.71. The number of carbonyl (C=O) groups is 3. The molecule has 0 aromatic heterocycles. The van der Waals surface area contributed by atoms with E-state index in [0.717, 1.165) is 57.8 Å². The number of unbranched alkanes of at least 4 members (excludes halogenated alkanes) is 34. The molecule has 0 aromatic carbocycles. The molecular formula is C61H114NO8+. The van der Waals surface area contributed by atoms with Crippen LogP contribution in [0.3, 0.4) is 0 Å². The molecule has 0 fully saturated rings. The number of likely N-dealkylation sites (N-methyl/N-ethyl adjacent to an activating group) is 1. The minimum absolute atomic E-state index is 0.180. The Morgan fingerprint density at radius 1 is 0.429 bits per heavy atom. The Morgan fingerprint density at radius 3 is 1.14 bits per heavy atom. The third kappa shape index (κ3) is 53.3. The first kappa shape index (κ1) is 67.5. The molecule has 0 aromatic rings. The number of quaternary nitrogens is 1. The lowest BCUT2D eigenvalue weighted by molar-refractivity contribution is -0.870. The fourth-order valence-electron chi connectivity index (χ4n) is 8.55. The molecule has 9 nitrogen and oxygen atoms in total. The van der Waals surface area contributed by atoms with Crippen LogP contribution in [0.2, 0.25) is 0 Å². The van der Waals surface area contributed by atoms with E-state index in [4.69, 9.17) is 18.9 Å². The standard InChI is InChI=1S/C61H113NO8/c1-6-8-10-12-14-16-18-20-22-24-26-28-29-30-31-32-34-36-38-40-42-44-46-48-50-52-59(64)70-57(56-69-61(60(65)66)67-54-53-62(3,4)5)55-68-58(63)51-49-47-45-43-41-39-37-35-33-27-25-23-21-19-17-15-13-11-9-7-2/h18,20,24,26,29-30,57,61H,6-17,19,21-23,25,27-28,31-56H2,1-5H3/p+1/b20-18-,26-24-,30-29-. The molecule has 2 atom stereocenters. The van der Waals surface area contributed by atoms with Gasteiger partial charge in [0, 0.05) is 12.8 Å². The summed E-state index contributed by atoms with van der Waals surface area (Å²) in [6.07, 6.45) is 60.7. The molecule has 70 heavy (non-hydrogen) atoms. The van der Waals surface area contributed by atoms with Gasteiger partial charge >= 0.3 is 17.9 Å². The van der Waals surface area contributed by atoms with Crippen LogP contribution in [0.25, 0.3) is 0 Å². The molecule has 0 amide bonds. The van der Waals surface area contributed by atoms with Gasteiger partial charge in [-0.25, -0.2) is 4.79 Å². The third-order valence-electron chi connectivity index (χ3n) is 13.1. The Morgan fingerprint density at radius 2 is 0.771 bits per heavy atom. The monoisotopic (exact) mass is 989 g/mol. The molecule has 410 valence electrons. The number of allylic oxidation sites excluding steroid dienone is 6. The second-order valence-electron chi connectivity index (χ2n) is 21.3. The number of carboxylic acid groups (broad SMARTS) is 1. The molecule has 0 saturated heterocycles. The van der Waals surface area contributed by atoms with Crippen molar-refractivity contribution >= 4 is 17.9 Å². The first-order valence-corrected chi connectivity index (χ1v) is 29.7. The maximum atomic E-state index is 12.9. The van der Waals surface area contributed by atoms with Gasteiger partial charge in [0.05, 0.1) is 34.4 Å². The van der Waals surface area contributed by atoms with Crippen molar-refractivity contribution in [2.75, 3.05) is 47.5 Å². The van der Waals surface area contributed by atoms with E-state index in [1.165, 1.54) is 193 Å². The van der Waals surface area contributed by atoms with E-state index in [9.17, 15) is 19.5 Å². The maximum absolute atomic E-state index is 12.9. The number of carbonyl (C=O) groups excluding carboxylic acids is 2. The fourth-order valence-corrected chi connectivity index (χ4v) is 8.55. The van der Waals surface area contributed by atoms with Crippen LogP contribution in [-0.2, 0) is 33.3 Å². The van der Waals surface area contributed by atoms with E-state index in [-0.39, 0.29) is 32.2 Å². The Bertz CT molecular complexity index is 1240. The van der Waals surface area contributed by atoms with Gasteiger partial charge in [0.2, 0.25) is 0 Å². The third-order valence-corrected chi connectivity index (χ3v) is 13.1. The van der Waals surface area contributed by atoms with Crippen LogP contribution in [-0.4, -0.2) is 87.4 Å². The number of nitrogens with zero attached hydrogens (tertiary/aromatic N) is 1. The van der Waals surface area contributed by atoms with E-state index in [1.807, 2.05) is 21.1 Å². The zero-order chi connectivity index (χ0) is 51.3. The summed E-state index contributed by atoms with van der Waals surface area (Å²) in [5.74, 6) is -1.99. The van der Waals surface area contributed by atoms with Crippen LogP contribution in [0.5, 0.6) is 0 Å². The number of rotatable bonds is 55. The highest BCUT2D eigenvalue weighted by atomic mass is 16.7. The zero-order valence-electron chi connectivity index (χ0n) is 46.7. The number of carboxylic acids is 1. The van der Waals surface area contributed by atoms with E-state index in [1.54, 1.807) is 0 Å². The van der Waals surface area contributed by atoms with Crippen molar-refractivity contribution in [2.45, 2.75) is 289 Å². The van der Waals surface area contributed by atoms with Gasteiger partial charge in [-0.1, -0.05) is 249 Å². The summed E-state index contributed by atoms with van der Waals surface area (Å²) in [5, 5.41) is 9.70. The smallest absolute Gasteiger partial charge is 0.361 e. The van der Waals surface area contributed by atoms with Crippen molar-refractivity contribution in [1.29, 1.82) is 0 Å². The van der Waals surface area contributed by atoms with Crippen molar-refractivity contribution < 1.29 is 42.9 Å². The molecule has 0 aliphatic heterocycles. The van der Waals surface area contributed by atoms with Crippen molar-refractivity contribution in [3.05, 3.63) is 36.5 Å². The largest absolute Gasteiger partial charge is 0.477 e. The minimum atomic E-state index is -1.51. The fraction of sp³-hybridized carbons (Fsp3) is 0.852. The number of ether oxygens (including phenoxy) is 4. The van der Waals surface area contributed by atoms with Gasteiger partial charge in [-0.05, 0) is 51.4 Å². The highest BCUT2D eigenvalue weighted by Gasteiger charge is 2.25. The molecule has 1 N–H and O–H groups in total. The Hall–Kier alpha value is -2.49. The molecule has 0 aliphatic carbocycles. The average molecular weight is 990 g/mol. The van der Waals surface area contributed by atoms with Crippen LogP contribution in [0.4, 0.5) is 0 Å². The second kappa shape index (κ2) is 52.8. The lowest BCUT2D eigenvalue weighted by Gasteiger charge is -2.25. The van der Waals surface area contributed by atoms with Gasteiger partial charge in [0.1, 0.15) is 13.2 Å². The van der Waals surface area contributed by atoms with Crippen LogP contribution >= 0.6 is 0 Å². The molecule has 0 heterocycles. The number of esters is 2. The lowest BCUT2D eigenvalue weighted by Crippen LogP contribution is -2.40. The minimum Gasteiger partial charge on any atom is -0.477 e. The molecular weight excluding hydrogens is 875 g/mol. The summed E-state index contributed by atoms with van der Waals surface area (Å²) in [7, 11) is 5.97. The number of aliphatic carboxylic acids is 1. The average Bonchev–Trinajstić information content (AvgIpc) is 3.33. The van der Waals surface area contributed by atoms with E-state index < -0.39 is 24.3 Å². The predicted octanol–water partition coefficient (Wildman–Crippen LogP) is 17.3. The van der Waals surface area contributed by atoms with Crippen LogP contribution in [0.1, 0.15) is 277 Å².